The molecule has 1 aromatic carbocycles. The lowest BCUT2D eigenvalue weighted by Gasteiger charge is -2.34. The number of carbonyl (C=O) groups is 1. The predicted molar refractivity (Wildman–Crippen MR) is 127 cm³/mol. The Labute approximate surface area is 191 Å². The Balaban J connectivity index is 0.00000420. The first kappa shape index (κ1) is 25.6. The van der Waals surface area contributed by atoms with E-state index in [2.05, 4.69) is 20.5 Å². The number of piperidine rings is 1. The molecule has 7 nitrogen and oxygen atoms in total. The third-order valence-electron chi connectivity index (χ3n) is 4.91. The first-order valence-corrected chi connectivity index (χ1v) is 10.0. The van der Waals surface area contributed by atoms with Crippen molar-refractivity contribution in [2.24, 2.45) is 4.99 Å². The number of methoxy groups -OCH3 is 1. The number of hydrogen-bond donors (Lipinski definition) is 2. The zero-order valence-corrected chi connectivity index (χ0v) is 20.1. The molecule has 1 amide bonds. The number of rotatable bonds is 9. The van der Waals surface area contributed by atoms with Crippen LogP contribution in [0.15, 0.2) is 29.3 Å². The number of carbonyl (C=O) groups excluding carboxylic acids is 1. The fraction of sp³-hybridized carbons (Fsp3) is 0.619. The van der Waals surface area contributed by atoms with E-state index in [0.29, 0.717) is 11.7 Å². The molecule has 2 rings (SSSR count). The second-order valence-corrected chi connectivity index (χ2v) is 6.91. The zero-order valence-electron chi connectivity index (χ0n) is 17.8. The van der Waals surface area contributed by atoms with Crippen molar-refractivity contribution in [2.45, 2.75) is 31.8 Å². The van der Waals surface area contributed by atoms with Gasteiger partial charge in [-0.05, 0) is 43.4 Å². The van der Waals surface area contributed by atoms with Crippen molar-refractivity contribution in [1.82, 2.24) is 15.5 Å². The number of benzene rings is 1. The van der Waals surface area contributed by atoms with Crippen LogP contribution in [-0.2, 0) is 15.9 Å². The van der Waals surface area contributed by atoms with Gasteiger partial charge in [0.05, 0.1) is 6.10 Å². The van der Waals surface area contributed by atoms with Crippen molar-refractivity contribution in [3.05, 3.63) is 35.4 Å². The van der Waals surface area contributed by atoms with Crippen molar-refractivity contribution in [3.63, 3.8) is 0 Å². The second-order valence-electron chi connectivity index (χ2n) is 6.91. The van der Waals surface area contributed by atoms with Crippen LogP contribution in [0.3, 0.4) is 0 Å². The molecular formula is C21H35IN4O3. The number of guanidine groups is 1. The van der Waals surface area contributed by atoms with Crippen molar-refractivity contribution >= 4 is 35.8 Å². The van der Waals surface area contributed by atoms with Crippen LogP contribution >= 0.6 is 24.0 Å². The van der Waals surface area contributed by atoms with Crippen molar-refractivity contribution in [2.75, 3.05) is 54.1 Å². The lowest BCUT2D eigenvalue weighted by molar-refractivity contribution is 0.00991. The molecule has 0 spiro atoms. The van der Waals surface area contributed by atoms with Gasteiger partial charge in [-0.15, -0.1) is 24.0 Å². The maximum atomic E-state index is 11.8. The first-order valence-electron chi connectivity index (χ1n) is 10.0. The van der Waals surface area contributed by atoms with Gasteiger partial charge in [0.15, 0.2) is 5.96 Å². The SMILES string of the molecule is CN=C(NCCc1cccc(C(=O)NC)c1)N1CCC(OCCCOC)CC1.I. The Bertz CT molecular complexity index is 634. The third kappa shape index (κ3) is 8.88. The molecule has 164 valence electrons. The monoisotopic (exact) mass is 518 g/mol. The first-order chi connectivity index (χ1) is 13.7. The number of halogens is 1. The Morgan fingerprint density at radius 2 is 2.03 bits per heavy atom. The average molecular weight is 518 g/mol. The summed E-state index contributed by atoms with van der Waals surface area (Å²) in [5, 5.41) is 6.10. The normalized spacial score (nSPS) is 15.0. The number of likely N-dealkylation sites (tertiary alicyclic amines) is 1. The standard InChI is InChI=1S/C21H34N4O3.HI/c1-22-20(26)18-7-4-6-17(16-18)8-11-24-21(23-2)25-12-9-19(10-13-25)28-15-5-14-27-3;/h4,6-7,16,19H,5,8-15H2,1-3H3,(H,22,26)(H,23,24);1H. The maximum Gasteiger partial charge on any atom is 0.251 e. The van der Waals surface area contributed by atoms with Crippen LogP contribution in [0.1, 0.15) is 35.2 Å². The van der Waals surface area contributed by atoms with Crippen LogP contribution < -0.4 is 10.6 Å². The molecule has 1 aliphatic rings. The maximum absolute atomic E-state index is 11.8. The number of amides is 1. The molecule has 1 aromatic rings. The van der Waals surface area contributed by atoms with Gasteiger partial charge >= 0.3 is 0 Å². The van der Waals surface area contributed by atoms with Crippen LogP contribution in [0, 0.1) is 0 Å². The molecule has 1 aliphatic heterocycles. The Morgan fingerprint density at radius 1 is 1.28 bits per heavy atom. The topological polar surface area (TPSA) is 75.2 Å². The summed E-state index contributed by atoms with van der Waals surface area (Å²) in [5.41, 5.74) is 1.82. The molecule has 0 unspecified atom stereocenters. The quantitative estimate of drug-likeness (QED) is 0.227. The fourth-order valence-electron chi connectivity index (χ4n) is 3.35. The van der Waals surface area contributed by atoms with E-state index < -0.39 is 0 Å². The molecule has 8 heteroatoms. The van der Waals surface area contributed by atoms with Gasteiger partial charge in [0.25, 0.3) is 5.91 Å². The molecular weight excluding hydrogens is 483 g/mol. The third-order valence-corrected chi connectivity index (χ3v) is 4.91. The average Bonchev–Trinajstić information content (AvgIpc) is 2.74. The van der Waals surface area contributed by atoms with Crippen LogP contribution in [-0.4, -0.2) is 76.9 Å². The summed E-state index contributed by atoms with van der Waals surface area (Å²) in [6.07, 6.45) is 4.15. The minimum Gasteiger partial charge on any atom is -0.385 e. The van der Waals surface area contributed by atoms with Gasteiger partial charge in [-0.3, -0.25) is 9.79 Å². The summed E-state index contributed by atoms with van der Waals surface area (Å²) >= 11 is 0. The summed E-state index contributed by atoms with van der Waals surface area (Å²) in [4.78, 5) is 18.5. The van der Waals surface area contributed by atoms with E-state index in [-0.39, 0.29) is 29.9 Å². The number of nitrogens with one attached hydrogen (secondary N) is 2. The molecule has 0 aromatic heterocycles. The van der Waals surface area contributed by atoms with Crippen molar-refractivity contribution < 1.29 is 14.3 Å². The molecule has 29 heavy (non-hydrogen) atoms. The van der Waals surface area contributed by atoms with E-state index in [1.165, 1.54) is 0 Å². The highest BCUT2D eigenvalue weighted by Gasteiger charge is 2.21. The van der Waals surface area contributed by atoms with Crippen LogP contribution in [0.25, 0.3) is 0 Å². The Kier molecular flexibility index (Phi) is 12.9. The number of nitrogens with zero attached hydrogens (tertiary/aromatic N) is 2. The largest absolute Gasteiger partial charge is 0.385 e. The molecule has 1 heterocycles. The van der Waals surface area contributed by atoms with Crippen LogP contribution in [0.2, 0.25) is 0 Å². The van der Waals surface area contributed by atoms with E-state index in [4.69, 9.17) is 9.47 Å². The van der Waals surface area contributed by atoms with Gasteiger partial charge in [-0.1, -0.05) is 12.1 Å². The van der Waals surface area contributed by atoms with Crippen molar-refractivity contribution in [1.29, 1.82) is 0 Å². The van der Waals surface area contributed by atoms with E-state index >= 15 is 0 Å². The molecule has 1 fully saturated rings. The summed E-state index contributed by atoms with van der Waals surface area (Å²) < 4.78 is 11.0. The number of hydrogen-bond acceptors (Lipinski definition) is 4. The summed E-state index contributed by atoms with van der Waals surface area (Å²) in [5.74, 6) is 0.873. The second kappa shape index (κ2) is 14.6. The Hall–Kier alpha value is -1.39. The minimum absolute atomic E-state index is 0. The number of aliphatic imine (C=N–C) groups is 1. The smallest absolute Gasteiger partial charge is 0.251 e. The van der Waals surface area contributed by atoms with Gasteiger partial charge in [0.2, 0.25) is 0 Å². The molecule has 0 bridgehead atoms. The van der Waals surface area contributed by atoms with Gasteiger partial charge < -0.3 is 25.0 Å². The summed E-state index contributed by atoms with van der Waals surface area (Å²) in [7, 11) is 5.19. The van der Waals surface area contributed by atoms with Crippen LogP contribution in [0.5, 0.6) is 0 Å². The summed E-state index contributed by atoms with van der Waals surface area (Å²) in [6.45, 7) is 4.18. The molecule has 2 N–H and O–H groups in total. The predicted octanol–water partition coefficient (Wildman–Crippen LogP) is 2.30. The van der Waals surface area contributed by atoms with Gasteiger partial charge in [-0.2, -0.15) is 0 Å². The van der Waals surface area contributed by atoms with Gasteiger partial charge in [-0.25, -0.2) is 0 Å². The summed E-state index contributed by atoms with van der Waals surface area (Å²) in [6, 6.07) is 7.74. The van der Waals surface area contributed by atoms with E-state index in [1.807, 2.05) is 31.3 Å². The lowest BCUT2D eigenvalue weighted by Crippen LogP contribution is -2.47. The lowest BCUT2D eigenvalue weighted by atomic mass is 10.1. The number of ether oxygens (including phenoxy) is 2. The van der Waals surface area contributed by atoms with Crippen molar-refractivity contribution in [3.8, 4) is 0 Å². The highest BCUT2D eigenvalue weighted by Crippen LogP contribution is 2.14. The molecule has 0 atom stereocenters. The minimum atomic E-state index is -0.0575. The molecule has 0 aliphatic carbocycles. The van der Waals surface area contributed by atoms with Crippen LogP contribution in [0.4, 0.5) is 0 Å². The zero-order chi connectivity index (χ0) is 20.2. The van der Waals surface area contributed by atoms with Gasteiger partial charge in [0, 0.05) is 59.6 Å². The fourth-order valence-corrected chi connectivity index (χ4v) is 3.35. The van der Waals surface area contributed by atoms with E-state index in [1.54, 1.807) is 14.2 Å². The highest BCUT2D eigenvalue weighted by atomic mass is 127. The Morgan fingerprint density at radius 3 is 2.69 bits per heavy atom. The molecule has 0 saturated carbocycles. The molecule has 1 saturated heterocycles. The van der Waals surface area contributed by atoms with E-state index in [9.17, 15) is 4.79 Å². The highest BCUT2D eigenvalue weighted by molar-refractivity contribution is 14.0. The molecule has 0 radical (unpaired) electrons. The van der Waals surface area contributed by atoms with Gasteiger partial charge in [0.1, 0.15) is 0 Å². The van der Waals surface area contributed by atoms with E-state index in [0.717, 1.165) is 70.1 Å².